The maximum absolute atomic E-state index is 10.7. The van der Waals surface area contributed by atoms with Crippen LogP contribution in [0.1, 0.15) is 6.92 Å². The Labute approximate surface area is 188 Å². The van der Waals surface area contributed by atoms with E-state index in [0.29, 0.717) is 0 Å². The van der Waals surface area contributed by atoms with Gasteiger partial charge >= 0.3 is 0 Å². The number of ether oxygens (including phenoxy) is 4. The van der Waals surface area contributed by atoms with Crippen LogP contribution in [0.3, 0.4) is 0 Å². The Morgan fingerprint density at radius 1 is 0.727 bits per heavy atom. The second kappa shape index (κ2) is 12.4. The number of hydrogen-bond acceptors (Lipinski definition) is 15. The average Bonchev–Trinajstić information content (AvgIpc) is 2.79. The van der Waals surface area contributed by atoms with Gasteiger partial charge in [-0.15, -0.1) is 0 Å². The maximum atomic E-state index is 10.7. The first-order valence-corrected chi connectivity index (χ1v) is 10.4. The van der Waals surface area contributed by atoms with Crippen molar-refractivity contribution in [3.05, 3.63) is 0 Å². The van der Waals surface area contributed by atoms with Crippen molar-refractivity contribution in [2.75, 3.05) is 19.8 Å². The van der Waals surface area contributed by atoms with Gasteiger partial charge < -0.3 is 75.1 Å². The molecule has 33 heavy (non-hydrogen) atoms. The molecule has 0 spiro atoms. The van der Waals surface area contributed by atoms with Gasteiger partial charge in [0.2, 0.25) is 0 Å². The van der Waals surface area contributed by atoms with Crippen LogP contribution in [0.5, 0.6) is 0 Å². The summed E-state index contributed by atoms with van der Waals surface area (Å²) < 4.78 is 21.3. The van der Waals surface area contributed by atoms with Crippen molar-refractivity contribution >= 4 is 0 Å². The summed E-state index contributed by atoms with van der Waals surface area (Å²) in [5.41, 5.74) is 0. The van der Waals surface area contributed by atoms with E-state index in [2.05, 4.69) is 0 Å². The third kappa shape index (κ3) is 6.35. The van der Waals surface area contributed by atoms with Crippen molar-refractivity contribution in [1.29, 1.82) is 0 Å². The highest BCUT2D eigenvalue weighted by Crippen LogP contribution is 2.30. The summed E-state index contributed by atoms with van der Waals surface area (Å²) in [6.45, 7) is -1.24. The summed E-state index contributed by atoms with van der Waals surface area (Å²) in [4.78, 5) is 0. The molecule has 11 N–H and O–H groups in total. The van der Waals surface area contributed by atoms with Crippen LogP contribution in [0.25, 0.3) is 0 Å². The van der Waals surface area contributed by atoms with Gasteiger partial charge in [0.1, 0.15) is 67.1 Å². The third-order valence-electron chi connectivity index (χ3n) is 5.65. The minimum Gasteiger partial charge on any atom is -0.394 e. The molecule has 2 aliphatic heterocycles. The summed E-state index contributed by atoms with van der Waals surface area (Å²) >= 11 is 0. The molecule has 0 radical (unpaired) electrons. The van der Waals surface area contributed by atoms with Crippen molar-refractivity contribution < 1.29 is 75.1 Å². The Bertz CT molecular complexity index is 579. The van der Waals surface area contributed by atoms with E-state index < -0.39 is 106 Å². The zero-order valence-electron chi connectivity index (χ0n) is 17.8. The molecule has 0 amide bonds. The highest BCUT2D eigenvalue weighted by molar-refractivity contribution is 4.95. The fraction of sp³-hybridized carbons (Fsp3) is 1.00. The lowest BCUT2D eigenvalue weighted by Gasteiger charge is -2.46. The van der Waals surface area contributed by atoms with E-state index in [-0.39, 0.29) is 0 Å². The SMILES string of the molecule is C[C@@H](O)[C@@H](O[C@H]1O[C@H](CO)[C@@H](O)[C@H](O[C@@H]2O[C@H](CO)[C@@H](O)[C@H](O)[C@@H]2O)[C@H]1O)[C@H](O)[C@H](O)CO. The van der Waals surface area contributed by atoms with E-state index >= 15 is 0 Å². The Kier molecular flexibility index (Phi) is 10.7. The summed E-state index contributed by atoms with van der Waals surface area (Å²) in [6, 6.07) is 0. The van der Waals surface area contributed by atoms with E-state index in [1.165, 1.54) is 6.92 Å². The van der Waals surface area contributed by atoms with Gasteiger partial charge in [-0.25, -0.2) is 0 Å². The van der Waals surface area contributed by atoms with Crippen LogP contribution in [-0.4, -0.2) is 162 Å². The lowest BCUT2D eigenvalue weighted by atomic mass is 9.96. The Morgan fingerprint density at radius 3 is 1.79 bits per heavy atom. The first-order valence-electron chi connectivity index (χ1n) is 10.4. The van der Waals surface area contributed by atoms with Gasteiger partial charge in [-0.3, -0.25) is 0 Å². The summed E-state index contributed by atoms with van der Waals surface area (Å²) in [5.74, 6) is 0. The smallest absolute Gasteiger partial charge is 0.187 e. The minimum atomic E-state index is -1.89. The van der Waals surface area contributed by atoms with Crippen LogP contribution in [0.2, 0.25) is 0 Å². The van der Waals surface area contributed by atoms with Gasteiger partial charge in [0.05, 0.1) is 25.9 Å². The van der Waals surface area contributed by atoms with Gasteiger partial charge in [-0.05, 0) is 6.92 Å². The van der Waals surface area contributed by atoms with Crippen LogP contribution >= 0.6 is 0 Å². The molecule has 2 rings (SSSR count). The zero-order chi connectivity index (χ0) is 25.0. The number of rotatable bonds is 10. The lowest BCUT2D eigenvalue weighted by molar-refractivity contribution is -0.368. The predicted molar refractivity (Wildman–Crippen MR) is 102 cm³/mol. The number of hydrogen-bond donors (Lipinski definition) is 11. The Balaban J connectivity index is 2.22. The Hall–Kier alpha value is -0.600. The van der Waals surface area contributed by atoms with E-state index in [0.717, 1.165) is 0 Å². The quantitative estimate of drug-likeness (QED) is 0.136. The van der Waals surface area contributed by atoms with Crippen molar-refractivity contribution in [1.82, 2.24) is 0 Å². The van der Waals surface area contributed by atoms with Crippen molar-refractivity contribution in [2.45, 2.75) is 92.8 Å². The normalized spacial score (nSPS) is 43.6. The lowest BCUT2D eigenvalue weighted by Crippen LogP contribution is -2.65. The molecule has 2 heterocycles. The molecule has 15 nitrogen and oxygen atoms in total. The summed E-state index contributed by atoms with van der Waals surface area (Å²) in [6.07, 6.45) is -23.5. The molecule has 2 saturated heterocycles. The van der Waals surface area contributed by atoms with Gasteiger partial charge in [0.15, 0.2) is 12.6 Å². The predicted octanol–water partition coefficient (Wildman–Crippen LogP) is -6.91. The molecule has 196 valence electrons. The van der Waals surface area contributed by atoms with Gasteiger partial charge in [-0.1, -0.05) is 0 Å². The summed E-state index contributed by atoms with van der Waals surface area (Å²) in [7, 11) is 0. The number of aliphatic hydroxyl groups is 11. The molecule has 0 aliphatic carbocycles. The van der Waals surface area contributed by atoms with E-state index in [1.807, 2.05) is 0 Å². The van der Waals surface area contributed by atoms with Crippen molar-refractivity contribution in [2.24, 2.45) is 0 Å². The molecule has 0 aromatic heterocycles. The molecule has 0 bridgehead atoms. The highest BCUT2D eigenvalue weighted by atomic mass is 16.7. The molecule has 0 aromatic carbocycles. The van der Waals surface area contributed by atoms with E-state index in [4.69, 9.17) is 24.1 Å². The highest BCUT2D eigenvalue weighted by Gasteiger charge is 2.51. The van der Waals surface area contributed by atoms with Crippen molar-refractivity contribution in [3.8, 4) is 0 Å². The summed E-state index contributed by atoms with van der Waals surface area (Å²) in [5, 5.41) is 109. The van der Waals surface area contributed by atoms with Crippen LogP contribution in [0, 0.1) is 0 Å². The first-order chi connectivity index (χ1) is 15.5. The van der Waals surface area contributed by atoms with Crippen LogP contribution in [0.15, 0.2) is 0 Å². The van der Waals surface area contributed by atoms with Crippen LogP contribution < -0.4 is 0 Å². The zero-order valence-corrected chi connectivity index (χ0v) is 17.8. The molecule has 2 fully saturated rings. The second-order valence-electron chi connectivity index (χ2n) is 8.09. The average molecular weight is 490 g/mol. The third-order valence-corrected chi connectivity index (χ3v) is 5.65. The van der Waals surface area contributed by atoms with E-state index in [9.17, 15) is 51.1 Å². The van der Waals surface area contributed by atoms with Crippen molar-refractivity contribution in [3.63, 3.8) is 0 Å². The van der Waals surface area contributed by atoms with Gasteiger partial charge in [-0.2, -0.15) is 0 Å². The fourth-order valence-corrected chi connectivity index (χ4v) is 3.62. The Morgan fingerprint density at radius 2 is 1.27 bits per heavy atom. The maximum Gasteiger partial charge on any atom is 0.187 e. The molecule has 0 unspecified atom stereocenters. The molecule has 0 saturated carbocycles. The molecule has 0 aromatic rings. The monoisotopic (exact) mass is 490 g/mol. The number of aliphatic hydroxyl groups excluding tert-OH is 11. The van der Waals surface area contributed by atoms with Gasteiger partial charge in [0.25, 0.3) is 0 Å². The fourth-order valence-electron chi connectivity index (χ4n) is 3.62. The van der Waals surface area contributed by atoms with Crippen LogP contribution in [-0.2, 0) is 18.9 Å². The topological polar surface area (TPSA) is 259 Å². The van der Waals surface area contributed by atoms with E-state index in [1.54, 1.807) is 0 Å². The molecular weight excluding hydrogens is 456 g/mol. The second-order valence-corrected chi connectivity index (χ2v) is 8.09. The van der Waals surface area contributed by atoms with Crippen LogP contribution in [0.4, 0.5) is 0 Å². The molecule has 2 aliphatic rings. The minimum absolute atomic E-state index is 0.754. The molecule has 14 atom stereocenters. The first kappa shape index (κ1) is 28.6. The molecular formula is C18H34O15. The largest absolute Gasteiger partial charge is 0.394 e. The van der Waals surface area contributed by atoms with Gasteiger partial charge in [0, 0.05) is 0 Å². The molecule has 15 heteroatoms. The standard InChI is InChI=1S/C18H34O15/c1-5(22)15(9(24)6(23)2-19)32-18-14(29)16(11(26)8(4-21)31-18)33-17-13(28)12(27)10(25)7(3-20)30-17/h5-29H,2-4H2,1H3/t5-,6-,7-,8-,9-,10-,11-,12+,13+,14-,15-,16+,17+,18-/m1/s1.